The molecular formula is C29H22Cl2N6O3. The summed E-state index contributed by atoms with van der Waals surface area (Å²) in [6.07, 6.45) is 7.88. The number of rotatable bonds is 5. The third-order valence-corrected chi connectivity index (χ3v) is 7.90. The fourth-order valence-corrected chi connectivity index (χ4v) is 6.01. The smallest absolute Gasteiger partial charge is 0.335 e. The van der Waals surface area contributed by atoms with E-state index >= 15 is 0 Å². The van der Waals surface area contributed by atoms with Crippen molar-refractivity contribution in [2.75, 3.05) is 0 Å². The van der Waals surface area contributed by atoms with E-state index in [0.29, 0.717) is 23.4 Å². The van der Waals surface area contributed by atoms with E-state index in [1.165, 1.54) is 6.33 Å². The number of hydrogen-bond acceptors (Lipinski definition) is 6. The second kappa shape index (κ2) is 10.0. The molecule has 11 heteroatoms. The van der Waals surface area contributed by atoms with Crippen LogP contribution in [0, 0.1) is 0 Å². The van der Waals surface area contributed by atoms with Crippen LogP contribution in [0.15, 0.2) is 76.9 Å². The second-order valence-corrected chi connectivity index (χ2v) is 10.3. The fourth-order valence-electron chi connectivity index (χ4n) is 5.83. The Balaban J connectivity index is 0.00000289. The Labute approximate surface area is 239 Å². The fraction of sp³-hybridized carbons (Fsp3) is 0.172. The van der Waals surface area contributed by atoms with Crippen molar-refractivity contribution < 1.29 is 9.90 Å². The number of aliphatic carboxylic acids is 1. The minimum atomic E-state index is -0.910. The lowest BCUT2D eigenvalue weighted by atomic mass is 9.95. The highest BCUT2D eigenvalue weighted by atomic mass is 35.5. The molecule has 9 nitrogen and oxygen atoms in total. The molecule has 0 saturated carbocycles. The van der Waals surface area contributed by atoms with Crippen molar-refractivity contribution in [3.8, 4) is 16.8 Å². The number of aryl methyl sites for hydroxylation is 1. The molecule has 1 N–H and O–H groups in total. The second-order valence-electron chi connectivity index (χ2n) is 9.86. The number of aromatic nitrogens is 5. The third kappa shape index (κ3) is 4.27. The summed E-state index contributed by atoms with van der Waals surface area (Å²) in [6.45, 7) is 0. The molecule has 3 aliphatic rings. The van der Waals surface area contributed by atoms with Gasteiger partial charge in [0.25, 0.3) is 5.56 Å². The molecule has 0 fully saturated rings. The Kier molecular flexibility index (Phi) is 6.48. The number of fused-ring (bicyclic) bond motifs is 2. The Morgan fingerprint density at radius 3 is 2.73 bits per heavy atom. The highest BCUT2D eigenvalue weighted by molar-refractivity contribution is 6.31. The lowest BCUT2D eigenvalue weighted by Gasteiger charge is -2.17. The average molecular weight is 573 g/mol. The summed E-state index contributed by atoms with van der Waals surface area (Å²) < 4.78 is 3.39. The van der Waals surface area contributed by atoms with E-state index in [1.54, 1.807) is 22.9 Å². The van der Waals surface area contributed by atoms with Crippen LogP contribution >= 0.6 is 24.0 Å². The monoisotopic (exact) mass is 572 g/mol. The first-order valence-electron chi connectivity index (χ1n) is 12.6. The van der Waals surface area contributed by atoms with Gasteiger partial charge in [-0.3, -0.25) is 9.79 Å². The zero-order valence-electron chi connectivity index (χ0n) is 21.0. The maximum Gasteiger partial charge on any atom is 0.335 e. The van der Waals surface area contributed by atoms with E-state index in [9.17, 15) is 14.7 Å². The van der Waals surface area contributed by atoms with Gasteiger partial charge in [0.15, 0.2) is 0 Å². The number of benzene rings is 2. The van der Waals surface area contributed by atoms with E-state index in [0.717, 1.165) is 63.3 Å². The topological polar surface area (TPSA) is 115 Å². The minimum Gasteiger partial charge on any atom is -0.478 e. The first kappa shape index (κ1) is 25.9. The Bertz CT molecular complexity index is 1840. The highest BCUT2D eigenvalue weighted by Crippen LogP contribution is 2.37. The van der Waals surface area contributed by atoms with Crippen LogP contribution in [0.5, 0.6) is 0 Å². The first-order chi connectivity index (χ1) is 19.0. The first-order valence-corrected chi connectivity index (χ1v) is 13.0. The van der Waals surface area contributed by atoms with E-state index in [-0.39, 0.29) is 24.0 Å². The number of nitrogens with zero attached hydrogens (tertiary/aromatic N) is 6. The molecule has 4 heterocycles. The third-order valence-electron chi connectivity index (χ3n) is 7.67. The van der Waals surface area contributed by atoms with Crippen molar-refractivity contribution >= 4 is 46.8 Å². The number of halogens is 2. The summed E-state index contributed by atoms with van der Waals surface area (Å²) >= 11 is 6.32. The van der Waals surface area contributed by atoms with E-state index in [2.05, 4.69) is 15.5 Å². The molecule has 0 unspecified atom stereocenters. The van der Waals surface area contributed by atoms with E-state index < -0.39 is 5.97 Å². The highest BCUT2D eigenvalue weighted by Gasteiger charge is 2.31. The van der Waals surface area contributed by atoms with Crippen LogP contribution in [0.1, 0.15) is 41.3 Å². The van der Waals surface area contributed by atoms with Gasteiger partial charge in [-0.25, -0.2) is 4.79 Å². The van der Waals surface area contributed by atoms with Crippen LogP contribution in [-0.2, 0) is 17.6 Å². The maximum absolute atomic E-state index is 13.5. The summed E-state index contributed by atoms with van der Waals surface area (Å²) in [5.41, 5.74) is 8.15. The van der Waals surface area contributed by atoms with Crippen LogP contribution in [0.2, 0.25) is 5.02 Å². The van der Waals surface area contributed by atoms with Crippen molar-refractivity contribution in [3.05, 3.63) is 105 Å². The lowest BCUT2D eigenvalue weighted by Crippen LogP contribution is -2.27. The molecular weight excluding hydrogens is 551 g/mol. The number of hydrogen-bond donors (Lipinski definition) is 1. The van der Waals surface area contributed by atoms with Gasteiger partial charge in [-0.15, -0.1) is 17.5 Å². The van der Waals surface area contributed by atoms with Crippen LogP contribution in [-0.4, -0.2) is 41.6 Å². The normalized spacial score (nSPS) is 17.0. The summed E-state index contributed by atoms with van der Waals surface area (Å²) in [6, 6.07) is 14.9. The molecule has 0 spiro atoms. The molecule has 2 aromatic heterocycles. The molecule has 4 aromatic rings. The average Bonchev–Trinajstić information content (AvgIpc) is 3.73. The van der Waals surface area contributed by atoms with E-state index in [1.807, 2.05) is 47.2 Å². The number of carboxylic acid groups (broad SMARTS) is 1. The zero-order valence-corrected chi connectivity index (χ0v) is 22.6. The summed E-state index contributed by atoms with van der Waals surface area (Å²) in [7, 11) is 0. The van der Waals surface area contributed by atoms with Crippen molar-refractivity contribution in [2.24, 2.45) is 4.99 Å². The number of carboxylic acids is 1. The summed E-state index contributed by atoms with van der Waals surface area (Å²) in [5, 5.41) is 21.5. The Morgan fingerprint density at radius 2 is 1.93 bits per heavy atom. The molecule has 0 bridgehead atoms. The van der Waals surface area contributed by atoms with Crippen LogP contribution < -0.4 is 5.56 Å². The lowest BCUT2D eigenvalue weighted by molar-refractivity contribution is -0.130. The van der Waals surface area contributed by atoms with Crippen LogP contribution in [0.3, 0.4) is 0 Å². The molecule has 2 aromatic carbocycles. The van der Waals surface area contributed by atoms with Crippen LogP contribution in [0.4, 0.5) is 0 Å². The standard InChI is InChI=1S/C29H21ClN6O3.ClH/c30-20-4-7-26(35-15-32-33-34-35)24(13-20)18-9-21-5-8-27(36(21)28(37)12-18)25-11-19(14-31-25)17-2-1-16-3-6-22(29(38)39)23(16)10-17;/h1-2,4,6-7,9-10,12-15,27H,3,5,8,11H2,(H,38,39);1H/t27-;/m0./s1. The summed E-state index contributed by atoms with van der Waals surface area (Å²) in [5.74, 6) is -0.910. The molecule has 0 amide bonds. The molecule has 200 valence electrons. The molecule has 1 aliphatic carbocycles. The van der Waals surface area contributed by atoms with E-state index in [4.69, 9.17) is 16.6 Å². The molecule has 40 heavy (non-hydrogen) atoms. The number of aliphatic imine (C=N–C) groups is 1. The van der Waals surface area contributed by atoms with Crippen molar-refractivity contribution in [1.29, 1.82) is 0 Å². The quantitative estimate of drug-likeness (QED) is 0.361. The Hall–Kier alpha value is -4.34. The Morgan fingerprint density at radius 1 is 1.05 bits per heavy atom. The number of pyridine rings is 1. The van der Waals surface area contributed by atoms with Gasteiger partial charge in [-0.05, 0) is 87.8 Å². The largest absolute Gasteiger partial charge is 0.478 e. The molecule has 7 rings (SSSR count). The number of carbonyl (C=O) groups is 1. The van der Waals surface area contributed by atoms with Gasteiger partial charge in [0.2, 0.25) is 0 Å². The predicted molar refractivity (Wildman–Crippen MR) is 154 cm³/mol. The minimum absolute atomic E-state index is 0. The molecule has 2 aliphatic heterocycles. The zero-order chi connectivity index (χ0) is 26.7. The van der Waals surface area contributed by atoms with Crippen LogP contribution in [0.25, 0.3) is 28.0 Å². The van der Waals surface area contributed by atoms with Gasteiger partial charge in [0.05, 0.1) is 17.3 Å². The number of tetrazole rings is 1. The van der Waals surface area contributed by atoms with Crippen molar-refractivity contribution in [1.82, 2.24) is 24.8 Å². The molecule has 1 atom stereocenters. The predicted octanol–water partition coefficient (Wildman–Crippen LogP) is 4.96. The van der Waals surface area contributed by atoms with Gasteiger partial charge in [-0.1, -0.05) is 29.8 Å². The van der Waals surface area contributed by atoms with Crippen molar-refractivity contribution in [2.45, 2.75) is 31.7 Å². The molecule has 0 radical (unpaired) electrons. The van der Waals surface area contributed by atoms with Gasteiger partial charge < -0.3 is 9.67 Å². The van der Waals surface area contributed by atoms with Gasteiger partial charge in [0.1, 0.15) is 6.33 Å². The SMILES string of the molecule is Cl.O=C(O)C1=CCc2ccc(C3=CN=C([C@@H]4CCc5cc(-c6cc(Cl)ccc6-n6cnnn6)cc(=O)n54)C3)cc21. The summed E-state index contributed by atoms with van der Waals surface area (Å²) in [4.78, 5) is 29.8. The van der Waals surface area contributed by atoms with Crippen molar-refractivity contribution in [3.63, 3.8) is 0 Å². The van der Waals surface area contributed by atoms with Gasteiger partial charge >= 0.3 is 5.97 Å². The maximum atomic E-state index is 13.5. The molecule has 0 saturated heterocycles. The number of allylic oxidation sites excluding steroid dienone is 2. The van der Waals surface area contributed by atoms with Gasteiger partial charge in [-0.2, -0.15) is 4.68 Å². The van der Waals surface area contributed by atoms with Gasteiger partial charge in [0, 0.05) is 40.7 Å².